The number of nitrogens with one attached hydrogen (secondary N) is 1. The van der Waals surface area contributed by atoms with E-state index in [1.165, 1.54) is 0 Å². The van der Waals surface area contributed by atoms with Crippen molar-refractivity contribution < 1.29 is 9.53 Å². The van der Waals surface area contributed by atoms with Crippen molar-refractivity contribution >= 4 is 11.6 Å². The number of fused-ring (bicyclic) bond motifs is 3. The number of methoxy groups -OCH3 is 1. The van der Waals surface area contributed by atoms with Crippen molar-refractivity contribution in [1.29, 1.82) is 0 Å². The average molecular weight is 293 g/mol. The molecule has 2 aliphatic heterocycles. The summed E-state index contributed by atoms with van der Waals surface area (Å²) in [5.41, 5.74) is 1.80. The van der Waals surface area contributed by atoms with Gasteiger partial charge in [0.15, 0.2) is 0 Å². The number of allylic oxidation sites excluding steroid dienone is 2. The third-order valence-corrected chi connectivity index (χ3v) is 4.07. The van der Waals surface area contributed by atoms with Crippen LogP contribution in [0.25, 0.3) is 0 Å². The minimum absolute atomic E-state index is 0.0359. The van der Waals surface area contributed by atoms with E-state index in [2.05, 4.69) is 10.3 Å². The van der Waals surface area contributed by atoms with E-state index in [9.17, 15) is 4.79 Å². The molecule has 1 saturated heterocycles. The van der Waals surface area contributed by atoms with Gasteiger partial charge in [0, 0.05) is 0 Å². The second kappa shape index (κ2) is 4.87. The van der Waals surface area contributed by atoms with Crippen LogP contribution in [0.1, 0.15) is 11.6 Å². The highest BCUT2D eigenvalue weighted by Gasteiger charge is 2.42. The largest absolute Gasteiger partial charge is 0.497 e. The summed E-state index contributed by atoms with van der Waals surface area (Å²) in [4.78, 5) is 19.0. The molecule has 0 saturated carbocycles. The maximum Gasteiger partial charge on any atom is 0.256 e. The molecule has 0 aromatic heterocycles. The number of nitrogens with zero attached hydrogens (tertiary/aromatic N) is 2. The average Bonchev–Trinajstić information content (AvgIpc) is 2.92. The lowest BCUT2D eigenvalue weighted by Crippen LogP contribution is -2.42. The molecule has 1 N–H and O–H groups in total. The summed E-state index contributed by atoms with van der Waals surface area (Å²) in [6.45, 7) is 0. The van der Waals surface area contributed by atoms with Crippen molar-refractivity contribution in [2.45, 2.75) is 12.1 Å². The molecule has 5 heteroatoms. The molecule has 110 valence electrons. The first-order chi connectivity index (χ1) is 10.8. The molecule has 0 radical (unpaired) electrons. The van der Waals surface area contributed by atoms with E-state index in [0.29, 0.717) is 0 Å². The normalized spacial score (nSPS) is 25.1. The number of amides is 1. The van der Waals surface area contributed by atoms with E-state index in [1.54, 1.807) is 18.2 Å². The van der Waals surface area contributed by atoms with Crippen LogP contribution in [0.4, 0.5) is 0 Å². The Bertz CT molecular complexity index is 744. The molecule has 5 nitrogen and oxygen atoms in total. The Morgan fingerprint density at radius 3 is 2.82 bits per heavy atom. The van der Waals surface area contributed by atoms with Gasteiger partial charge in [0.2, 0.25) is 0 Å². The van der Waals surface area contributed by atoms with Gasteiger partial charge >= 0.3 is 0 Å². The Hall–Kier alpha value is -2.82. The number of carbonyl (C=O) groups excluding carboxylic acids is 1. The predicted octanol–water partition coefficient (Wildman–Crippen LogP) is 1.92. The third-order valence-electron chi connectivity index (χ3n) is 4.07. The number of aliphatic imine (C=N–C) groups is 1. The molecule has 0 bridgehead atoms. The predicted molar refractivity (Wildman–Crippen MR) is 83.3 cm³/mol. The zero-order valence-corrected chi connectivity index (χ0v) is 12.1. The van der Waals surface area contributed by atoms with Crippen LogP contribution in [0.3, 0.4) is 0 Å². The van der Waals surface area contributed by atoms with Gasteiger partial charge < -0.3 is 10.1 Å². The van der Waals surface area contributed by atoms with Gasteiger partial charge in [0.25, 0.3) is 5.91 Å². The van der Waals surface area contributed by atoms with Gasteiger partial charge in [-0.25, -0.2) is 0 Å². The smallest absolute Gasteiger partial charge is 0.256 e. The number of hydrogen-bond donors (Lipinski definition) is 1. The number of ether oxygens (including phenoxy) is 1. The minimum atomic E-state index is -0.383. The third kappa shape index (κ3) is 1.86. The van der Waals surface area contributed by atoms with Crippen molar-refractivity contribution in [3.63, 3.8) is 0 Å². The fourth-order valence-corrected chi connectivity index (χ4v) is 2.94. The van der Waals surface area contributed by atoms with Gasteiger partial charge in [0.1, 0.15) is 17.6 Å². The first kappa shape index (κ1) is 12.9. The van der Waals surface area contributed by atoms with Gasteiger partial charge in [-0.15, -0.1) is 0 Å². The van der Waals surface area contributed by atoms with Gasteiger partial charge in [-0.1, -0.05) is 30.4 Å². The Balaban J connectivity index is 1.66. The number of benzene rings is 1. The van der Waals surface area contributed by atoms with Crippen LogP contribution in [0, 0.1) is 0 Å². The van der Waals surface area contributed by atoms with Crippen molar-refractivity contribution in [2.75, 3.05) is 7.11 Å². The maximum absolute atomic E-state index is 12.8. The Labute approximate surface area is 128 Å². The molecule has 2 heterocycles. The Morgan fingerprint density at radius 2 is 2.05 bits per heavy atom. The van der Waals surface area contributed by atoms with Crippen LogP contribution < -0.4 is 10.1 Å². The highest BCUT2D eigenvalue weighted by atomic mass is 16.5. The fourth-order valence-electron chi connectivity index (χ4n) is 2.94. The van der Waals surface area contributed by atoms with Crippen LogP contribution in [0.15, 0.2) is 65.6 Å². The molecule has 22 heavy (non-hydrogen) atoms. The van der Waals surface area contributed by atoms with Gasteiger partial charge in [0.05, 0.1) is 25.1 Å². The first-order valence-corrected chi connectivity index (χ1v) is 7.14. The fraction of sp³-hybridized carbons (Fsp3) is 0.176. The lowest BCUT2D eigenvalue weighted by molar-refractivity contribution is -0.128. The molecule has 0 spiro atoms. The zero-order chi connectivity index (χ0) is 15.1. The van der Waals surface area contributed by atoms with E-state index in [0.717, 1.165) is 22.8 Å². The molecule has 3 aliphatic rings. The molecule has 1 amide bonds. The van der Waals surface area contributed by atoms with Crippen LogP contribution in [-0.4, -0.2) is 29.7 Å². The summed E-state index contributed by atoms with van der Waals surface area (Å²) in [5, 5.41) is 3.26. The van der Waals surface area contributed by atoms with E-state index < -0.39 is 0 Å². The standard InChI is InChI=1S/C17H15N3O2/c1-22-12-8-6-11(7-9-12)16-17(21)20-14-5-3-2-4-13(14)18-10-15(20)19-16/h2-10,14,16,19H,1H3. The highest BCUT2D eigenvalue weighted by Crippen LogP contribution is 2.32. The molecule has 2 atom stereocenters. The summed E-state index contributed by atoms with van der Waals surface area (Å²) in [6, 6.07) is 7.04. The minimum Gasteiger partial charge on any atom is -0.497 e. The van der Waals surface area contributed by atoms with E-state index in [-0.39, 0.29) is 18.0 Å². The molecule has 1 aromatic rings. The second-order valence-corrected chi connectivity index (χ2v) is 5.32. The maximum atomic E-state index is 12.8. The first-order valence-electron chi connectivity index (χ1n) is 7.14. The van der Waals surface area contributed by atoms with Crippen LogP contribution >= 0.6 is 0 Å². The quantitative estimate of drug-likeness (QED) is 0.906. The lowest BCUT2D eigenvalue weighted by Gasteiger charge is -2.29. The summed E-state index contributed by atoms with van der Waals surface area (Å²) < 4.78 is 5.16. The SMILES string of the molecule is COc1ccc(C2NC3=CN=C4C=CC=CC4N3C2=O)cc1. The molecular weight excluding hydrogens is 278 g/mol. The van der Waals surface area contributed by atoms with Crippen LogP contribution in [-0.2, 0) is 4.79 Å². The van der Waals surface area contributed by atoms with Gasteiger partial charge in [-0.3, -0.25) is 14.7 Å². The van der Waals surface area contributed by atoms with Crippen LogP contribution in [0.2, 0.25) is 0 Å². The Morgan fingerprint density at radius 1 is 1.23 bits per heavy atom. The van der Waals surface area contributed by atoms with Crippen molar-refractivity contribution in [3.05, 3.63) is 66.2 Å². The molecule has 4 rings (SSSR count). The molecule has 1 aliphatic carbocycles. The Kier molecular flexibility index (Phi) is 2.85. The molecular formula is C17H15N3O2. The van der Waals surface area contributed by atoms with Crippen LogP contribution in [0.5, 0.6) is 5.75 Å². The van der Waals surface area contributed by atoms with Crippen molar-refractivity contribution in [1.82, 2.24) is 10.2 Å². The van der Waals surface area contributed by atoms with E-state index >= 15 is 0 Å². The van der Waals surface area contributed by atoms with Gasteiger partial charge in [-0.05, 0) is 23.8 Å². The topological polar surface area (TPSA) is 53.9 Å². The monoisotopic (exact) mass is 293 g/mol. The number of rotatable bonds is 2. The van der Waals surface area contributed by atoms with Gasteiger partial charge in [-0.2, -0.15) is 0 Å². The molecule has 1 fully saturated rings. The highest BCUT2D eigenvalue weighted by molar-refractivity contribution is 6.06. The zero-order valence-electron chi connectivity index (χ0n) is 12.1. The van der Waals surface area contributed by atoms with E-state index in [4.69, 9.17) is 4.74 Å². The summed E-state index contributed by atoms with van der Waals surface area (Å²) >= 11 is 0. The summed E-state index contributed by atoms with van der Waals surface area (Å²) in [5.74, 6) is 1.56. The van der Waals surface area contributed by atoms with E-state index in [1.807, 2.05) is 48.6 Å². The summed E-state index contributed by atoms with van der Waals surface area (Å²) in [6.07, 6.45) is 9.52. The second-order valence-electron chi connectivity index (χ2n) is 5.32. The lowest BCUT2D eigenvalue weighted by atomic mass is 10.0. The molecule has 2 unspecified atom stereocenters. The number of carbonyl (C=O) groups is 1. The number of hydrogen-bond acceptors (Lipinski definition) is 4. The molecule has 1 aromatic carbocycles. The van der Waals surface area contributed by atoms with Crippen molar-refractivity contribution in [3.8, 4) is 5.75 Å². The summed E-state index contributed by atoms with van der Waals surface area (Å²) in [7, 11) is 1.63. The van der Waals surface area contributed by atoms with Crippen molar-refractivity contribution in [2.24, 2.45) is 4.99 Å².